The summed E-state index contributed by atoms with van der Waals surface area (Å²) >= 11 is 5.81. The maximum atomic E-state index is 13.5. The summed E-state index contributed by atoms with van der Waals surface area (Å²) in [4.78, 5) is 39.1. The summed E-state index contributed by atoms with van der Waals surface area (Å²) in [5.41, 5.74) is 5.00. The first kappa shape index (κ1) is 21.3. The largest absolute Gasteiger partial charge is 0.372 e. The van der Waals surface area contributed by atoms with E-state index in [0.29, 0.717) is 11.3 Å². The Morgan fingerprint density at radius 3 is 2.68 bits per heavy atom. The second-order valence-corrected chi connectivity index (χ2v) is 8.34. The second-order valence-electron chi connectivity index (χ2n) is 7.91. The average Bonchev–Trinajstić information content (AvgIpc) is 3.51. The lowest BCUT2D eigenvalue weighted by Gasteiger charge is -2.24. The van der Waals surface area contributed by atoms with Gasteiger partial charge < -0.3 is 21.1 Å². The number of nitrogens with one attached hydrogen (secondary N) is 1. The molecule has 1 aliphatic heterocycles. The van der Waals surface area contributed by atoms with Gasteiger partial charge in [0.15, 0.2) is 0 Å². The van der Waals surface area contributed by atoms with Crippen molar-refractivity contribution in [3.05, 3.63) is 63.9 Å². The summed E-state index contributed by atoms with van der Waals surface area (Å²) in [5.74, 6) is -2.74. The van der Waals surface area contributed by atoms with Crippen molar-refractivity contribution >= 4 is 35.0 Å². The Morgan fingerprint density at radius 2 is 2.03 bits per heavy atom. The van der Waals surface area contributed by atoms with Crippen LogP contribution in [0.5, 0.6) is 0 Å². The molecule has 1 saturated carbocycles. The maximum Gasteiger partial charge on any atom is 0.268 e. The van der Waals surface area contributed by atoms with E-state index in [2.05, 4.69) is 5.32 Å². The fraction of sp³-hybridized carbons (Fsp3) is 0.318. The molecule has 9 heteroatoms. The van der Waals surface area contributed by atoms with E-state index in [-0.39, 0.29) is 36.0 Å². The van der Waals surface area contributed by atoms with Crippen LogP contribution >= 0.6 is 11.6 Å². The number of hydrogen-bond donors (Lipinski definition) is 3. The van der Waals surface area contributed by atoms with Crippen molar-refractivity contribution in [2.75, 3.05) is 11.4 Å². The van der Waals surface area contributed by atoms with Gasteiger partial charge >= 0.3 is 0 Å². The number of primary amides is 1. The van der Waals surface area contributed by atoms with Crippen LogP contribution in [0.4, 0.5) is 10.1 Å². The first-order valence-electron chi connectivity index (χ1n) is 9.91. The van der Waals surface area contributed by atoms with Gasteiger partial charge in [-0.25, -0.2) is 4.39 Å². The van der Waals surface area contributed by atoms with Crippen molar-refractivity contribution in [2.24, 2.45) is 5.73 Å². The monoisotopic (exact) mass is 445 g/mol. The third-order valence-corrected chi connectivity index (χ3v) is 5.89. The number of anilines is 1. The van der Waals surface area contributed by atoms with Crippen LogP contribution in [0.2, 0.25) is 5.02 Å². The van der Waals surface area contributed by atoms with E-state index in [1.165, 1.54) is 17.0 Å². The van der Waals surface area contributed by atoms with E-state index < -0.39 is 29.1 Å². The molecule has 1 atom stereocenters. The molecule has 1 saturated heterocycles. The van der Waals surface area contributed by atoms with Crippen LogP contribution in [0.3, 0.4) is 0 Å². The Morgan fingerprint density at radius 1 is 1.29 bits per heavy atom. The molecule has 2 aromatic carbocycles. The van der Waals surface area contributed by atoms with Crippen molar-refractivity contribution in [2.45, 2.75) is 37.3 Å². The molecule has 162 valence electrons. The Balaban J connectivity index is 1.55. The highest BCUT2D eigenvalue weighted by Gasteiger charge is 2.52. The number of aliphatic hydroxyl groups is 1. The summed E-state index contributed by atoms with van der Waals surface area (Å²) in [5, 5.41) is 13.5. The molecule has 1 heterocycles. The second kappa shape index (κ2) is 7.94. The smallest absolute Gasteiger partial charge is 0.268 e. The number of carbonyl (C=O) groups is 3. The van der Waals surface area contributed by atoms with Gasteiger partial charge in [0.1, 0.15) is 5.82 Å². The van der Waals surface area contributed by atoms with E-state index in [0.717, 1.165) is 24.5 Å². The molecule has 31 heavy (non-hydrogen) atoms. The summed E-state index contributed by atoms with van der Waals surface area (Å²) in [6.07, 6.45) is 1.72. The number of benzene rings is 2. The molecule has 0 bridgehead atoms. The minimum absolute atomic E-state index is 0.0446. The molecule has 0 aromatic heterocycles. The van der Waals surface area contributed by atoms with Crippen molar-refractivity contribution in [3.8, 4) is 0 Å². The molecule has 1 aliphatic carbocycles. The highest BCUT2D eigenvalue weighted by molar-refractivity contribution is 6.30. The van der Waals surface area contributed by atoms with Gasteiger partial charge in [-0.05, 0) is 54.2 Å². The van der Waals surface area contributed by atoms with Crippen molar-refractivity contribution in [3.63, 3.8) is 0 Å². The number of carbonyl (C=O) groups excluding carboxylic acids is 3. The fourth-order valence-electron chi connectivity index (χ4n) is 3.97. The summed E-state index contributed by atoms with van der Waals surface area (Å²) < 4.78 is 13.5. The SMILES string of the molecule is NC(=O)c1c(C2CC2)cccc1N1CCC(O)(C(=O)NCc2cc(F)cc(Cl)c2)C1=O. The van der Waals surface area contributed by atoms with Gasteiger partial charge in [-0.1, -0.05) is 23.7 Å². The highest BCUT2D eigenvalue weighted by Crippen LogP contribution is 2.44. The minimum atomic E-state index is -2.30. The third kappa shape index (κ3) is 4.00. The molecule has 2 fully saturated rings. The Hall–Kier alpha value is -2.97. The van der Waals surface area contributed by atoms with Crippen LogP contribution in [0.25, 0.3) is 0 Å². The predicted molar refractivity (Wildman–Crippen MR) is 112 cm³/mol. The number of hydrogen-bond acceptors (Lipinski definition) is 4. The van der Waals surface area contributed by atoms with E-state index >= 15 is 0 Å². The minimum Gasteiger partial charge on any atom is -0.372 e. The Kier molecular flexibility index (Phi) is 5.45. The van der Waals surface area contributed by atoms with E-state index in [4.69, 9.17) is 17.3 Å². The quantitative estimate of drug-likeness (QED) is 0.592. The highest BCUT2D eigenvalue weighted by atomic mass is 35.5. The maximum absolute atomic E-state index is 13.5. The van der Waals surface area contributed by atoms with E-state index in [1.807, 2.05) is 6.07 Å². The van der Waals surface area contributed by atoms with Crippen LogP contribution in [-0.2, 0) is 16.1 Å². The number of rotatable bonds is 6. The van der Waals surface area contributed by atoms with Gasteiger partial charge in [0, 0.05) is 24.5 Å². The van der Waals surface area contributed by atoms with Crippen LogP contribution < -0.4 is 16.0 Å². The van der Waals surface area contributed by atoms with E-state index in [9.17, 15) is 23.9 Å². The summed E-state index contributed by atoms with van der Waals surface area (Å²) in [6.45, 7) is -0.0709. The molecule has 0 radical (unpaired) electrons. The summed E-state index contributed by atoms with van der Waals surface area (Å²) in [6, 6.07) is 8.92. The molecule has 1 unspecified atom stereocenters. The van der Waals surface area contributed by atoms with Gasteiger partial charge in [0.2, 0.25) is 5.60 Å². The molecule has 2 aromatic rings. The zero-order valence-corrected chi connectivity index (χ0v) is 17.3. The number of nitrogens with zero attached hydrogens (tertiary/aromatic N) is 1. The first-order chi connectivity index (χ1) is 14.7. The number of nitrogens with two attached hydrogens (primary N) is 1. The molecular formula is C22H21ClFN3O4. The molecule has 3 amide bonds. The van der Waals surface area contributed by atoms with Crippen LogP contribution in [0.1, 0.15) is 46.7 Å². The lowest BCUT2D eigenvalue weighted by Crippen LogP contribution is -2.52. The molecular weight excluding hydrogens is 425 g/mol. The number of amides is 3. The lowest BCUT2D eigenvalue weighted by atomic mass is 9.99. The van der Waals surface area contributed by atoms with Crippen molar-refractivity contribution < 1.29 is 23.9 Å². The molecule has 4 N–H and O–H groups in total. The van der Waals surface area contributed by atoms with Crippen LogP contribution in [-0.4, -0.2) is 35.0 Å². The van der Waals surface area contributed by atoms with Gasteiger partial charge in [0.05, 0.1) is 11.3 Å². The van der Waals surface area contributed by atoms with Gasteiger partial charge in [-0.3, -0.25) is 14.4 Å². The topological polar surface area (TPSA) is 113 Å². The Bertz CT molecular complexity index is 1070. The normalized spacial score (nSPS) is 20.7. The fourth-order valence-corrected chi connectivity index (χ4v) is 4.22. The average molecular weight is 446 g/mol. The first-order valence-corrected chi connectivity index (χ1v) is 10.3. The Labute approximate surface area is 183 Å². The van der Waals surface area contributed by atoms with Crippen LogP contribution in [0.15, 0.2) is 36.4 Å². The van der Waals surface area contributed by atoms with E-state index in [1.54, 1.807) is 12.1 Å². The van der Waals surface area contributed by atoms with Gasteiger partial charge in [0.25, 0.3) is 17.7 Å². The zero-order chi connectivity index (χ0) is 22.3. The van der Waals surface area contributed by atoms with Gasteiger partial charge in [-0.15, -0.1) is 0 Å². The zero-order valence-electron chi connectivity index (χ0n) is 16.5. The lowest BCUT2D eigenvalue weighted by molar-refractivity contribution is -0.149. The van der Waals surface area contributed by atoms with Crippen molar-refractivity contribution in [1.29, 1.82) is 0 Å². The molecule has 4 rings (SSSR count). The van der Waals surface area contributed by atoms with Gasteiger partial charge in [-0.2, -0.15) is 0 Å². The predicted octanol–water partition coefficient (Wildman–Crippen LogP) is 2.24. The number of halogens is 2. The van der Waals surface area contributed by atoms with Crippen LogP contribution in [0, 0.1) is 5.82 Å². The molecule has 2 aliphatic rings. The molecule has 0 spiro atoms. The standard InChI is InChI=1S/C22H21ClFN3O4/c23-14-8-12(9-15(24)10-14)11-26-20(29)22(31)6-7-27(21(22)30)17-3-1-2-16(13-4-5-13)18(17)19(25)28/h1-3,8-10,13,31H,4-7,11H2,(H2,25,28)(H,26,29). The third-order valence-electron chi connectivity index (χ3n) is 5.68. The molecule has 7 nitrogen and oxygen atoms in total. The van der Waals surface area contributed by atoms with Crippen molar-refractivity contribution in [1.82, 2.24) is 5.32 Å². The summed E-state index contributed by atoms with van der Waals surface area (Å²) in [7, 11) is 0.